The highest BCUT2D eigenvalue weighted by atomic mass is 35.5. The Morgan fingerprint density at radius 1 is 1.29 bits per heavy atom. The Kier molecular flexibility index (Phi) is 5.82. The molecule has 0 aliphatic carbocycles. The average molecular weight is 351 g/mol. The molecule has 3 rings (SSSR count). The van der Waals surface area contributed by atoms with Crippen LogP contribution in [-0.4, -0.2) is 35.4 Å². The summed E-state index contributed by atoms with van der Waals surface area (Å²) < 4.78 is 15.9. The molecule has 1 aromatic carbocycles. The summed E-state index contributed by atoms with van der Waals surface area (Å²) in [6.45, 7) is 1.07. The van der Waals surface area contributed by atoms with Crippen LogP contribution in [0.4, 0.5) is 0 Å². The van der Waals surface area contributed by atoms with E-state index in [1.165, 1.54) is 0 Å². The van der Waals surface area contributed by atoms with Gasteiger partial charge >= 0.3 is 5.97 Å². The molecule has 24 heavy (non-hydrogen) atoms. The first kappa shape index (κ1) is 16.9. The van der Waals surface area contributed by atoms with Gasteiger partial charge in [0, 0.05) is 23.6 Å². The van der Waals surface area contributed by atoms with Crippen LogP contribution in [0, 0.1) is 0 Å². The van der Waals surface area contributed by atoms with Gasteiger partial charge in [0.25, 0.3) is 0 Å². The van der Waals surface area contributed by atoms with Crippen molar-refractivity contribution in [3.63, 3.8) is 0 Å². The number of halogens is 1. The molecule has 1 aromatic heterocycles. The number of nitrogens with zero attached hydrogens (tertiary/aromatic N) is 2. The zero-order valence-electron chi connectivity index (χ0n) is 13.2. The first-order valence-electron chi connectivity index (χ1n) is 8.06. The summed E-state index contributed by atoms with van der Waals surface area (Å²) in [4.78, 5) is 16.1. The van der Waals surface area contributed by atoms with Gasteiger partial charge in [0.05, 0.1) is 12.5 Å². The van der Waals surface area contributed by atoms with Gasteiger partial charge < -0.3 is 14.0 Å². The van der Waals surface area contributed by atoms with Crippen molar-refractivity contribution in [1.29, 1.82) is 0 Å². The molecule has 0 spiro atoms. The minimum atomic E-state index is -0.282. The Morgan fingerprint density at radius 3 is 2.88 bits per heavy atom. The lowest BCUT2D eigenvalue weighted by Crippen LogP contribution is -2.26. The fourth-order valence-electron chi connectivity index (χ4n) is 2.48. The molecule has 0 radical (unpaired) electrons. The number of esters is 1. The van der Waals surface area contributed by atoms with Crippen molar-refractivity contribution in [3.8, 4) is 11.4 Å². The summed E-state index contributed by atoms with van der Waals surface area (Å²) >= 11 is 5.85. The van der Waals surface area contributed by atoms with E-state index in [0.29, 0.717) is 29.8 Å². The first-order valence-corrected chi connectivity index (χ1v) is 8.44. The molecule has 1 aliphatic rings. The molecule has 1 unspecified atom stereocenters. The highest BCUT2D eigenvalue weighted by Gasteiger charge is 2.17. The van der Waals surface area contributed by atoms with E-state index in [1.807, 2.05) is 12.1 Å². The smallest absolute Gasteiger partial charge is 0.306 e. The largest absolute Gasteiger partial charge is 0.463 e. The molecule has 1 aliphatic heterocycles. The summed E-state index contributed by atoms with van der Waals surface area (Å²) in [7, 11) is 0. The summed E-state index contributed by atoms with van der Waals surface area (Å²) in [5, 5.41) is 4.56. The number of carbonyl (C=O) groups is 1. The van der Waals surface area contributed by atoms with E-state index in [0.717, 1.165) is 31.4 Å². The molecule has 7 heteroatoms. The molecule has 2 heterocycles. The third-order valence-electron chi connectivity index (χ3n) is 3.82. The monoisotopic (exact) mass is 350 g/mol. The summed E-state index contributed by atoms with van der Waals surface area (Å²) in [5.74, 6) is 0.604. The predicted octanol–water partition coefficient (Wildman–Crippen LogP) is 3.43. The zero-order chi connectivity index (χ0) is 16.8. The van der Waals surface area contributed by atoms with Crippen LogP contribution in [0.3, 0.4) is 0 Å². The summed E-state index contributed by atoms with van der Waals surface area (Å²) in [6, 6.07) is 7.15. The number of aromatic nitrogens is 2. The van der Waals surface area contributed by atoms with Gasteiger partial charge in [-0.05, 0) is 43.5 Å². The Labute approximate surface area is 145 Å². The average Bonchev–Trinajstić information content (AvgIpc) is 3.09. The van der Waals surface area contributed by atoms with Gasteiger partial charge in [0.15, 0.2) is 0 Å². The molecule has 0 saturated carbocycles. The molecule has 1 saturated heterocycles. The number of hydrogen-bond donors (Lipinski definition) is 0. The molecule has 0 bridgehead atoms. The minimum Gasteiger partial charge on any atom is -0.463 e. The minimum absolute atomic E-state index is 0.0302. The van der Waals surface area contributed by atoms with Gasteiger partial charge in [-0.25, -0.2) is 0 Å². The molecule has 0 N–H and O–H groups in total. The van der Waals surface area contributed by atoms with Crippen LogP contribution in [0.15, 0.2) is 28.8 Å². The SMILES string of the molecule is O=C(CCc1nc(-c2ccc(Cl)cc2)no1)OCC1CCCCO1. The van der Waals surface area contributed by atoms with E-state index < -0.39 is 0 Å². The van der Waals surface area contributed by atoms with Crippen molar-refractivity contribution in [2.75, 3.05) is 13.2 Å². The number of carbonyl (C=O) groups excluding carboxylic acids is 1. The number of rotatable bonds is 6. The lowest BCUT2D eigenvalue weighted by Gasteiger charge is -2.21. The van der Waals surface area contributed by atoms with E-state index >= 15 is 0 Å². The van der Waals surface area contributed by atoms with Gasteiger partial charge in [0.1, 0.15) is 6.61 Å². The quantitative estimate of drug-likeness (QED) is 0.743. The number of benzene rings is 1. The van der Waals surface area contributed by atoms with Gasteiger partial charge in [-0.2, -0.15) is 4.98 Å². The maximum absolute atomic E-state index is 11.8. The second-order valence-electron chi connectivity index (χ2n) is 5.69. The van der Waals surface area contributed by atoms with Crippen molar-refractivity contribution in [3.05, 3.63) is 35.2 Å². The summed E-state index contributed by atoms with van der Waals surface area (Å²) in [6.07, 6.45) is 3.74. The fraction of sp³-hybridized carbons (Fsp3) is 0.471. The van der Waals surface area contributed by atoms with Gasteiger partial charge in [0.2, 0.25) is 11.7 Å². The highest BCUT2D eigenvalue weighted by molar-refractivity contribution is 6.30. The maximum Gasteiger partial charge on any atom is 0.306 e. The molecule has 1 fully saturated rings. The lowest BCUT2D eigenvalue weighted by atomic mass is 10.1. The maximum atomic E-state index is 11.8. The van der Waals surface area contributed by atoms with Crippen LogP contribution in [0.5, 0.6) is 0 Å². The number of aryl methyl sites for hydroxylation is 1. The fourth-order valence-corrected chi connectivity index (χ4v) is 2.60. The van der Waals surface area contributed by atoms with Crippen LogP contribution >= 0.6 is 11.6 Å². The van der Waals surface area contributed by atoms with Crippen LogP contribution in [-0.2, 0) is 20.7 Å². The van der Waals surface area contributed by atoms with Crippen LogP contribution < -0.4 is 0 Å². The van der Waals surface area contributed by atoms with E-state index in [9.17, 15) is 4.79 Å². The van der Waals surface area contributed by atoms with E-state index in [1.54, 1.807) is 12.1 Å². The van der Waals surface area contributed by atoms with Gasteiger partial charge in [-0.1, -0.05) is 16.8 Å². The van der Waals surface area contributed by atoms with E-state index in [4.69, 9.17) is 25.6 Å². The highest BCUT2D eigenvalue weighted by Crippen LogP contribution is 2.19. The standard InChI is InChI=1S/C17H19ClN2O4/c18-13-6-4-12(5-7-13)17-19-15(24-20-17)8-9-16(21)23-11-14-3-1-2-10-22-14/h4-7,14H,1-3,8-11H2. The van der Waals surface area contributed by atoms with Crippen molar-refractivity contribution in [1.82, 2.24) is 10.1 Å². The predicted molar refractivity (Wildman–Crippen MR) is 87.6 cm³/mol. The van der Waals surface area contributed by atoms with Gasteiger partial charge in [-0.3, -0.25) is 4.79 Å². The molecule has 6 nitrogen and oxygen atoms in total. The van der Waals surface area contributed by atoms with Crippen LogP contribution in [0.25, 0.3) is 11.4 Å². The second-order valence-corrected chi connectivity index (χ2v) is 6.13. The Hall–Kier alpha value is -1.92. The van der Waals surface area contributed by atoms with Crippen LogP contribution in [0.2, 0.25) is 5.02 Å². The van der Waals surface area contributed by atoms with Crippen molar-refractivity contribution < 1.29 is 18.8 Å². The molecular weight excluding hydrogens is 332 g/mol. The molecule has 128 valence electrons. The number of ether oxygens (including phenoxy) is 2. The topological polar surface area (TPSA) is 74.5 Å². The Bertz CT molecular complexity index is 665. The molecule has 1 atom stereocenters. The second kappa shape index (κ2) is 8.26. The lowest BCUT2D eigenvalue weighted by molar-refractivity contribution is -0.149. The number of hydrogen-bond acceptors (Lipinski definition) is 6. The molecule has 2 aromatic rings. The van der Waals surface area contributed by atoms with Crippen molar-refractivity contribution in [2.24, 2.45) is 0 Å². The van der Waals surface area contributed by atoms with E-state index in [-0.39, 0.29) is 18.5 Å². The van der Waals surface area contributed by atoms with E-state index in [2.05, 4.69) is 10.1 Å². The first-order chi connectivity index (χ1) is 11.7. The third kappa shape index (κ3) is 4.79. The third-order valence-corrected chi connectivity index (χ3v) is 4.07. The zero-order valence-corrected chi connectivity index (χ0v) is 14.0. The van der Waals surface area contributed by atoms with Gasteiger partial charge in [-0.15, -0.1) is 0 Å². The molecular formula is C17H19ClN2O4. The summed E-state index contributed by atoms with van der Waals surface area (Å²) in [5.41, 5.74) is 0.812. The Morgan fingerprint density at radius 2 is 2.12 bits per heavy atom. The van der Waals surface area contributed by atoms with Crippen molar-refractivity contribution in [2.45, 2.75) is 38.2 Å². The molecule has 0 amide bonds. The Balaban J connectivity index is 1.44. The normalized spacial score (nSPS) is 17.6. The van der Waals surface area contributed by atoms with Crippen molar-refractivity contribution >= 4 is 17.6 Å². The van der Waals surface area contributed by atoms with Crippen LogP contribution in [0.1, 0.15) is 31.6 Å².